The molecule has 0 saturated carbocycles. The van der Waals surface area contributed by atoms with E-state index in [9.17, 15) is 0 Å². The summed E-state index contributed by atoms with van der Waals surface area (Å²) in [5.41, 5.74) is 7.90. The normalized spacial score (nSPS) is 12.7. The number of rotatable bonds is 1. The van der Waals surface area contributed by atoms with Gasteiger partial charge < -0.3 is 4.42 Å². The Morgan fingerprint density at radius 1 is 0.571 bits per heavy atom. The standard InChI is InChI=1S/C30H14ClN3O/c31-29-30(33-19-9-2-1-8-18(19)32-29)34-20-12-11-15-5-3-6-16-17-7-4-10-22-25(17)28-23(35-22)14-13-21(34)27(28)26(20)24(15)16/h1-14H. The molecule has 0 radical (unpaired) electrons. The number of aromatic nitrogens is 3. The van der Waals surface area contributed by atoms with Gasteiger partial charge in [0, 0.05) is 21.5 Å². The van der Waals surface area contributed by atoms with Crippen LogP contribution in [0.25, 0.3) is 82.5 Å². The predicted octanol–water partition coefficient (Wildman–Crippen LogP) is 8.41. The highest BCUT2D eigenvalue weighted by Gasteiger charge is 2.27. The molecular formula is C30H14ClN3O. The molecule has 0 unspecified atom stereocenters. The van der Waals surface area contributed by atoms with E-state index in [1.54, 1.807) is 0 Å². The third-order valence-corrected chi connectivity index (χ3v) is 7.66. The average molecular weight is 468 g/mol. The first-order valence-electron chi connectivity index (χ1n) is 11.5. The fourth-order valence-electron chi connectivity index (χ4n) is 6.06. The Hall–Kier alpha value is -4.41. The van der Waals surface area contributed by atoms with Crippen molar-refractivity contribution >= 4 is 77.2 Å². The Morgan fingerprint density at radius 2 is 1.26 bits per heavy atom. The van der Waals surface area contributed by atoms with Gasteiger partial charge in [-0.2, -0.15) is 0 Å². The topological polar surface area (TPSA) is 43.9 Å². The van der Waals surface area contributed by atoms with Crippen molar-refractivity contribution in [2.45, 2.75) is 0 Å². The molecule has 3 heterocycles. The van der Waals surface area contributed by atoms with Gasteiger partial charge in [-0.3, -0.25) is 4.57 Å². The van der Waals surface area contributed by atoms with Crippen LogP contribution >= 0.6 is 11.6 Å². The Bertz CT molecular complexity index is 2240. The van der Waals surface area contributed by atoms with Gasteiger partial charge in [0.25, 0.3) is 0 Å². The Labute approximate surface area is 203 Å². The summed E-state index contributed by atoms with van der Waals surface area (Å²) in [6.07, 6.45) is 0. The van der Waals surface area contributed by atoms with Crippen LogP contribution in [0.3, 0.4) is 0 Å². The van der Waals surface area contributed by atoms with Gasteiger partial charge in [0.15, 0.2) is 11.0 Å². The molecule has 9 rings (SSSR count). The lowest BCUT2D eigenvalue weighted by Crippen LogP contribution is -2.01. The molecule has 5 aromatic carbocycles. The minimum atomic E-state index is 0.380. The molecular weight excluding hydrogens is 454 g/mol. The molecule has 0 N–H and O–H groups in total. The van der Waals surface area contributed by atoms with E-state index in [0.29, 0.717) is 11.0 Å². The maximum atomic E-state index is 6.80. The van der Waals surface area contributed by atoms with Gasteiger partial charge in [0.05, 0.1) is 22.1 Å². The Morgan fingerprint density at radius 3 is 2.11 bits per heavy atom. The van der Waals surface area contributed by atoms with Crippen molar-refractivity contribution in [2.75, 3.05) is 0 Å². The molecule has 0 fully saturated rings. The van der Waals surface area contributed by atoms with E-state index in [2.05, 4.69) is 70.2 Å². The van der Waals surface area contributed by atoms with Crippen molar-refractivity contribution < 1.29 is 4.42 Å². The zero-order chi connectivity index (χ0) is 22.8. The van der Waals surface area contributed by atoms with Crippen LogP contribution in [0.2, 0.25) is 5.15 Å². The van der Waals surface area contributed by atoms with Crippen LogP contribution in [0, 0.1) is 0 Å². The highest BCUT2D eigenvalue weighted by atomic mass is 35.5. The molecule has 5 heteroatoms. The fraction of sp³-hybridized carbons (Fsp3) is 0. The van der Waals surface area contributed by atoms with E-state index in [4.69, 9.17) is 21.0 Å². The first kappa shape index (κ1) is 18.0. The number of benzene rings is 5. The first-order valence-corrected chi connectivity index (χ1v) is 11.9. The highest BCUT2D eigenvalue weighted by molar-refractivity contribution is 6.38. The number of halogens is 1. The molecule has 0 spiro atoms. The minimum Gasteiger partial charge on any atom is -0.456 e. The van der Waals surface area contributed by atoms with Crippen LogP contribution in [0.15, 0.2) is 89.3 Å². The summed E-state index contributed by atoms with van der Waals surface area (Å²) >= 11 is 6.80. The van der Waals surface area contributed by atoms with Crippen LogP contribution in [-0.2, 0) is 0 Å². The predicted molar refractivity (Wildman–Crippen MR) is 143 cm³/mol. The minimum absolute atomic E-state index is 0.380. The SMILES string of the molecule is Clc1nc2ccccc2nc1-n1c2ccc3cccc4c3c2c2c3c(ccc21)oc1cccc-4c13. The molecule has 0 aliphatic heterocycles. The molecule has 35 heavy (non-hydrogen) atoms. The van der Waals surface area contributed by atoms with Crippen LogP contribution in [0.4, 0.5) is 0 Å². The number of para-hydroxylation sites is 2. The summed E-state index contributed by atoms with van der Waals surface area (Å²) in [6, 6.07) is 29.3. The second kappa shape index (κ2) is 5.98. The number of nitrogens with zero attached hydrogens (tertiary/aromatic N) is 3. The molecule has 162 valence electrons. The maximum Gasteiger partial charge on any atom is 0.176 e. The highest BCUT2D eigenvalue weighted by Crippen LogP contribution is 2.50. The van der Waals surface area contributed by atoms with Gasteiger partial charge in [-0.1, -0.05) is 60.1 Å². The Kier molecular flexibility index (Phi) is 3.07. The summed E-state index contributed by atoms with van der Waals surface area (Å²) in [4.78, 5) is 9.67. The zero-order valence-electron chi connectivity index (χ0n) is 18.2. The molecule has 8 aromatic rings. The summed E-state index contributed by atoms with van der Waals surface area (Å²) in [5.74, 6) is 0.634. The smallest absolute Gasteiger partial charge is 0.176 e. The number of fused-ring (bicyclic) bond motifs is 2. The lowest BCUT2D eigenvalue weighted by atomic mass is 9.95. The van der Waals surface area contributed by atoms with E-state index >= 15 is 0 Å². The lowest BCUT2D eigenvalue weighted by molar-refractivity contribution is 0.669. The quantitative estimate of drug-likeness (QED) is 0.243. The summed E-state index contributed by atoms with van der Waals surface area (Å²) in [6.45, 7) is 0. The monoisotopic (exact) mass is 467 g/mol. The maximum absolute atomic E-state index is 6.80. The molecule has 0 saturated heterocycles. The van der Waals surface area contributed by atoms with E-state index < -0.39 is 0 Å². The van der Waals surface area contributed by atoms with Gasteiger partial charge in [-0.25, -0.2) is 9.97 Å². The van der Waals surface area contributed by atoms with Crippen molar-refractivity contribution in [1.29, 1.82) is 0 Å². The van der Waals surface area contributed by atoms with Crippen LogP contribution in [-0.4, -0.2) is 14.5 Å². The molecule has 3 aromatic heterocycles. The van der Waals surface area contributed by atoms with Crippen molar-refractivity contribution in [3.05, 3.63) is 90.1 Å². The fourth-order valence-corrected chi connectivity index (χ4v) is 6.28. The summed E-state index contributed by atoms with van der Waals surface area (Å²) in [5, 5.41) is 7.51. The molecule has 0 bridgehead atoms. The van der Waals surface area contributed by atoms with Crippen LogP contribution < -0.4 is 0 Å². The van der Waals surface area contributed by atoms with Crippen molar-refractivity contribution in [3.8, 4) is 16.9 Å². The molecule has 4 nitrogen and oxygen atoms in total. The third kappa shape index (κ3) is 2.06. The summed E-state index contributed by atoms with van der Waals surface area (Å²) < 4.78 is 8.51. The van der Waals surface area contributed by atoms with Crippen molar-refractivity contribution in [2.24, 2.45) is 0 Å². The van der Waals surface area contributed by atoms with E-state index in [0.717, 1.165) is 44.0 Å². The van der Waals surface area contributed by atoms with Gasteiger partial charge >= 0.3 is 0 Å². The average Bonchev–Trinajstić information content (AvgIpc) is 3.39. The summed E-state index contributed by atoms with van der Waals surface area (Å²) in [7, 11) is 0. The van der Waals surface area contributed by atoms with E-state index in [1.807, 2.05) is 24.3 Å². The molecule has 1 aliphatic carbocycles. The van der Waals surface area contributed by atoms with Crippen LogP contribution in [0.1, 0.15) is 0 Å². The number of furan rings is 1. The number of hydrogen-bond donors (Lipinski definition) is 0. The van der Waals surface area contributed by atoms with E-state index in [-0.39, 0.29) is 0 Å². The second-order valence-corrected chi connectivity index (χ2v) is 9.50. The first-order chi connectivity index (χ1) is 17.3. The molecule has 1 aliphatic rings. The van der Waals surface area contributed by atoms with Crippen molar-refractivity contribution in [1.82, 2.24) is 14.5 Å². The molecule has 0 atom stereocenters. The number of hydrogen-bond acceptors (Lipinski definition) is 3. The Balaban J connectivity index is 1.61. The van der Waals surface area contributed by atoms with Crippen LogP contribution in [0.5, 0.6) is 0 Å². The lowest BCUT2D eigenvalue weighted by Gasteiger charge is -2.12. The zero-order valence-corrected chi connectivity index (χ0v) is 19.0. The van der Waals surface area contributed by atoms with Gasteiger partial charge in [0.2, 0.25) is 0 Å². The van der Waals surface area contributed by atoms with Gasteiger partial charge in [-0.15, -0.1) is 0 Å². The van der Waals surface area contributed by atoms with Gasteiger partial charge in [0.1, 0.15) is 11.2 Å². The largest absolute Gasteiger partial charge is 0.456 e. The van der Waals surface area contributed by atoms with Crippen molar-refractivity contribution in [3.63, 3.8) is 0 Å². The van der Waals surface area contributed by atoms with Gasteiger partial charge in [-0.05, 0) is 58.3 Å². The second-order valence-electron chi connectivity index (χ2n) is 9.14. The third-order valence-electron chi connectivity index (χ3n) is 7.41. The molecule has 0 amide bonds. The van der Waals surface area contributed by atoms with E-state index in [1.165, 1.54) is 32.7 Å².